The molecule has 3 aliphatic rings. The Morgan fingerprint density at radius 2 is 1.78 bits per heavy atom. The molecule has 1 amide bonds. The van der Waals surface area contributed by atoms with Crippen molar-refractivity contribution in [1.82, 2.24) is 4.90 Å². The molecule has 168 valence electrons. The summed E-state index contributed by atoms with van der Waals surface area (Å²) in [6, 6.07) is 16.6. The van der Waals surface area contributed by atoms with Gasteiger partial charge in [0.2, 0.25) is 5.91 Å². The highest BCUT2D eigenvalue weighted by Crippen LogP contribution is 2.38. The van der Waals surface area contributed by atoms with Crippen LogP contribution in [-0.4, -0.2) is 46.2 Å². The molecule has 2 saturated heterocycles. The molecule has 0 spiro atoms. The Morgan fingerprint density at radius 3 is 2.50 bits per heavy atom. The largest absolute Gasteiger partial charge is 0.371 e. The maximum atomic E-state index is 12.4. The number of hydrogen-bond donors (Lipinski definition) is 1. The number of carbonyl (C=O) groups excluding carboxylic acids is 1. The molecule has 2 aromatic rings. The van der Waals surface area contributed by atoms with Crippen LogP contribution in [0.4, 0.5) is 11.4 Å². The molecule has 3 fully saturated rings. The normalized spacial score (nSPS) is 23.2. The van der Waals surface area contributed by atoms with Gasteiger partial charge in [-0.25, -0.2) is 0 Å². The van der Waals surface area contributed by atoms with E-state index in [9.17, 15) is 9.00 Å². The molecule has 2 unspecified atom stereocenters. The molecule has 5 nitrogen and oxygen atoms in total. The summed E-state index contributed by atoms with van der Waals surface area (Å²) in [7, 11) is -0.821. The molecule has 5 rings (SSSR count). The van der Waals surface area contributed by atoms with E-state index in [1.165, 1.54) is 18.4 Å². The van der Waals surface area contributed by atoms with Crippen LogP contribution in [0.2, 0.25) is 0 Å². The first kappa shape index (κ1) is 21.3. The zero-order valence-electron chi connectivity index (χ0n) is 18.5. The highest BCUT2D eigenvalue weighted by Gasteiger charge is 2.32. The number of hydrogen-bond acceptors (Lipinski definition) is 4. The summed E-state index contributed by atoms with van der Waals surface area (Å²) in [6.07, 6.45) is 4.35. The minimum Gasteiger partial charge on any atom is -0.371 e. The van der Waals surface area contributed by atoms with Gasteiger partial charge in [0.05, 0.1) is 6.04 Å². The van der Waals surface area contributed by atoms with Crippen LogP contribution in [0.1, 0.15) is 42.9 Å². The standard InChI is InChI=1S/C26H31N3O2S/c1-19(29-15-16-32(31)18-25(29)20-7-3-2-4-8-20)23-12-11-22(27-26(30)21-9-10-21)17-24(23)28-13-5-6-14-28/h2-4,7-8,11-12,17,21,25H,1,5-6,9-10,13-16,18H2,(H,27,30). The van der Waals surface area contributed by atoms with Crippen molar-refractivity contribution in [3.8, 4) is 0 Å². The second-order valence-electron chi connectivity index (χ2n) is 9.07. The smallest absolute Gasteiger partial charge is 0.227 e. The Balaban J connectivity index is 1.47. The van der Waals surface area contributed by atoms with Gasteiger partial charge in [-0.15, -0.1) is 0 Å². The van der Waals surface area contributed by atoms with Crippen LogP contribution in [0.15, 0.2) is 55.1 Å². The van der Waals surface area contributed by atoms with E-state index >= 15 is 0 Å². The van der Waals surface area contributed by atoms with Gasteiger partial charge >= 0.3 is 0 Å². The van der Waals surface area contributed by atoms with Gasteiger partial charge in [0.15, 0.2) is 0 Å². The van der Waals surface area contributed by atoms with Crippen LogP contribution in [-0.2, 0) is 15.6 Å². The van der Waals surface area contributed by atoms with Crippen LogP contribution in [0.5, 0.6) is 0 Å². The minimum atomic E-state index is -0.821. The molecule has 1 saturated carbocycles. The number of benzene rings is 2. The zero-order valence-corrected chi connectivity index (χ0v) is 19.3. The lowest BCUT2D eigenvalue weighted by Gasteiger charge is -2.39. The van der Waals surface area contributed by atoms with Gasteiger partial charge in [0.1, 0.15) is 0 Å². The topological polar surface area (TPSA) is 52.7 Å². The SMILES string of the molecule is C=C(c1ccc(NC(=O)C2CC2)cc1N1CCCC1)N1CCS(=O)CC1c1ccccc1. The number of anilines is 2. The summed E-state index contributed by atoms with van der Waals surface area (Å²) < 4.78 is 12.4. The van der Waals surface area contributed by atoms with Crippen molar-refractivity contribution in [1.29, 1.82) is 0 Å². The number of rotatable bonds is 6. The van der Waals surface area contributed by atoms with Crippen LogP contribution >= 0.6 is 0 Å². The van der Waals surface area contributed by atoms with Gasteiger partial charge in [-0.1, -0.05) is 36.9 Å². The molecule has 2 aromatic carbocycles. The van der Waals surface area contributed by atoms with Crippen LogP contribution in [0.3, 0.4) is 0 Å². The summed E-state index contributed by atoms with van der Waals surface area (Å²) in [4.78, 5) is 17.1. The minimum absolute atomic E-state index is 0.0546. The van der Waals surface area contributed by atoms with E-state index in [-0.39, 0.29) is 17.9 Å². The second-order valence-corrected chi connectivity index (χ2v) is 10.7. The molecule has 2 atom stereocenters. The van der Waals surface area contributed by atoms with Crippen molar-refractivity contribution in [2.24, 2.45) is 5.92 Å². The van der Waals surface area contributed by atoms with Gasteiger partial charge in [-0.05, 0) is 49.4 Å². The first-order valence-electron chi connectivity index (χ1n) is 11.7. The predicted molar refractivity (Wildman–Crippen MR) is 132 cm³/mol. The molecule has 0 bridgehead atoms. The number of carbonyl (C=O) groups is 1. The maximum Gasteiger partial charge on any atom is 0.227 e. The van der Waals surface area contributed by atoms with E-state index in [0.717, 1.165) is 55.1 Å². The molecule has 32 heavy (non-hydrogen) atoms. The summed E-state index contributed by atoms with van der Waals surface area (Å²) in [5, 5.41) is 3.10. The Kier molecular flexibility index (Phi) is 6.05. The predicted octanol–water partition coefficient (Wildman–Crippen LogP) is 4.41. The zero-order chi connectivity index (χ0) is 22.1. The third kappa shape index (κ3) is 4.46. The van der Waals surface area contributed by atoms with E-state index in [1.54, 1.807) is 0 Å². The van der Waals surface area contributed by atoms with Gasteiger partial charge in [-0.3, -0.25) is 9.00 Å². The maximum absolute atomic E-state index is 12.4. The molecule has 1 N–H and O–H groups in total. The van der Waals surface area contributed by atoms with Crippen molar-refractivity contribution in [3.05, 3.63) is 66.2 Å². The highest BCUT2D eigenvalue weighted by molar-refractivity contribution is 7.85. The summed E-state index contributed by atoms with van der Waals surface area (Å²) in [5.74, 6) is 1.60. The van der Waals surface area contributed by atoms with Gasteiger partial charge in [0, 0.05) is 70.5 Å². The van der Waals surface area contributed by atoms with Crippen molar-refractivity contribution in [2.45, 2.75) is 31.7 Å². The van der Waals surface area contributed by atoms with Crippen LogP contribution in [0.25, 0.3) is 5.70 Å². The average Bonchev–Trinajstić information content (AvgIpc) is 3.53. The molecule has 2 aliphatic heterocycles. The Bertz CT molecular complexity index is 1030. The fraction of sp³-hybridized carbons (Fsp3) is 0.423. The molecule has 0 radical (unpaired) electrons. The highest BCUT2D eigenvalue weighted by atomic mass is 32.2. The van der Waals surface area contributed by atoms with Crippen molar-refractivity contribution in [3.63, 3.8) is 0 Å². The molecule has 2 heterocycles. The Hall–Kier alpha value is -2.60. The van der Waals surface area contributed by atoms with Crippen LogP contribution in [0, 0.1) is 5.92 Å². The summed E-state index contributed by atoms with van der Waals surface area (Å²) in [5.41, 5.74) is 5.25. The molecular weight excluding hydrogens is 418 g/mol. The fourth-order valence-corrected chi connectivity index (χ4v) is 6.09. The van der Waals surface area contributed by atoms with E-state index in [4.69, 9.17) is 0 Å². The number of nitrogens with zero attached hydrogens (tertiary/aromatic N) is 2. The summed E-state index contributed by atoms with van der Waals surface area (Å²) in [6.45, 7) is 7.29. The van der Waals surface area contributed by atoms with E-state index < -0.39 is 10.8 Å². The van der Waals surface area contributed by atoms with Crippen molar-refractivity contribution < 1.29 is 9.00 Å². The third-order valence-electron chi connectivity index (χ3n) is 6.78. The number of amides is 1. The third-order valence-corrected chi connectivity index (χ3v) is 8.11. The lowest BCUT2D eigenvalue weighted by molar-refractivity contribution is -0.117. The Labute approximate surface area is 192 Å². The molecular formula is C26H31N3O2S. The quantitative estimate of drug-likeness (QED) is 0.710. The van der Waals surface area contributed by atoms with Crippen molar-refractivity contribution >= 4 is 33.8 Å². The van der Waals surface area contributed by atoms with E-state index in [2.05, 4.69) is 46.0 Å². The molecule has 0 aromatic heterocycles. The van der Waals surface area contributed by atoms with E-state index in [1.807, 2.05) is 24.3 Å². The van der Waals surface area contributed by atoms with Gasteiger partial charge in [-0.2, -0.15) is 0 Å². The van der Waals surface area contributed by atoms with Gasteiger partial charge in [0.25, 0.3) is 0 Å². The lowest BCUT2D eigenvalue weighted by Crippen LogP contribution is -2.39. The summed E-state index contributed by atoms with van der Waals surface area (Å²) >= 11 is 0. The fourth-order valence-electron chi connectivity index (χ4n) is 4.80. The van der Waals surface area contributed by atoms with E-state index in [0.29, 0.717) is 11.5 Å². The lowest BCUT2D eigenvalue weighted by atomic mass is 10.0. The Morgan fingerprint density at radius 1 is 1.03 bits per heavy atom. The average molecular weight is 450 g/mol. The van der Waals surface area contributed by atoms with Crippen LogP contribution < -0.4 is 10.2 Å². The monoisotopic (exact) mass is 449 g/mol. The number of nitrogens with one attached hydrogen (secondary N) is 1. The van der Waals surface area contributed by atoms with Crippen molar-refractivity contribution in [2.75, 3.05) is 41.4 Å². The first-order chi connectivity index (χ1) is 15.6. The first-order valence-corrected chi connectivity index (χ1v) is 13.1. The molecule has 6 heteroatoms. The molecule has 1 aliphatic carbocycles. The van der Waals surface area contributed by atoms with Gasteiger partial charge < -0.3 is 15.1 Å². The second kappa shape index (κ2) is 9.10.